The summed E-state index contributed by atoms with van der Waals surface area (Å²) in [7, 11) is 0. The van der Waals surface area contributed by atoms with Crippen molar-refractivity contribution in [1.29, 1.82) is 0 Å². The molecule has 0 aliphatic heterocycles. The molecule has 10 nitrogen and oxygen atoms in total. The highest BCUT2D eigenvalue weighted by atomic mass is 35.5. The van der Waals surface area contributed by atoms with Crippen molar-refractivity contribution in [2.45, 2.75) is 53.2 Å². The first kappa shape index (κ1) is 34.3. The molecule has 44 heavy (non-hydrogen) atoms. The van der Waals surface area contributed by atoms with Crippen LogP contribution in [0, 0.1) is 5.82 Å². The molecule has 0 unspecified atom stereocenters. The van der Waals surface area contributed by atoms with Crippen LogP contribution >= 0.6 is 11.6 Å². The number of amides is 4. The van der Waals surface area contributed by atoms with Crippen LogP contribution in [-0.2, 0) is 11.3 Å². The third kappa shape index (κ3) is 10.8. The highest BCUT2D eigenvalue weighted by Crippen LogP contribution is 2.23. The number of nitrogens with one attached hydrogen (secondary N) is 3. The Kier molecular flexibility index (Phi) is 12.5. The van der Waals surface area contributed by atoms with E-state index in [0.29, 0.717) is 29.2 Å². The summed E-state index contributed by atoms with van der Waals surface area (Å²) >= 11 is 5.89. The number of carbonyl (C=O) groups is 3. The first-order valence-electron chi connectivity index (χ1n) is 14.5. The Hall–Kier alpha value is -4.22. The number of urea groups is 1. The number of aromatic nitrogens is 1. The van der Waals surface area contributed by atoms with Crippen LogP contribution in [0.4, 0.5) is 31.0 Å². The molecule has 2 aromatic carbocycles. The fraction of sp³-hybridized carbons (Fsp3) is 0.375. The highest BCUT2D eigenvalue weighted by molar-refractivity contribution is 6.31. The zero-order valence-electron chi connectivity index (χ0n) is 25.7. The van der Waals surface area contributed by atoms with Crippen molar-refractivity contribution in [3.8, 4) is 0 Å². The molecule has 236 valence electrons. The molecular weight excluding hydrogens is 587 g/mol. The van der Waals surface area contributed by atoms with E-state index in [4.69, 9.17) is 16.3 Å². The van der Waals surface area contributed by atoms with E-state index in [9.17, 15) is 18.8 Å². The fourth-order valence-corrected chi connectivity index (χ4v) is 4.41. The molecular formula is C32H40ClFN6O4. The van der Waals surface area contributed by atoms with Crippen molar-refractivity contribution in [2.75, 3.05) is 42.1 Å². The summed E-state index contributed by atoms with van der Waals surface area (Å²) in [5, 5.41) is 8.12. The summed E-state index contributed by atoms with van der Waals surface area (Å²) in [6, 6.07) is 13.7. The Morgan fingerprint density at radius 2 is 1.61 bits per heavy atom. The minimum Gasteiger partial charge on any atom is -0.444 e. The maximum absolute atomic E-state index is 13.6. The van der Waals surface area contributed by atoms with Gasteiger partial charge in [0.05, 0.1) is 16.4 Å². The van der Waals surface area contributed by atoms with Gasteiger partial charge in [0.15, 0.2) is 0 Å². The van der Waals surface area contributed by atoms with Gasteiger partial charge in [-0.2, -0.15) is 0 Å². The van der Waals surface area contributed by atoms with Gasteiger partial charge >= 0.3 is 12.1 Å². The zero-order valence-corrected chi connectivity index (χ0v) is 26.5. The van der Waals surface area contributed by atoms with Gasteiger partial charge in [0, 0.05) is 25.0 Å². The van der Waals surface area contributed by atoms with Crippen molar-refractivity contribution in [2.24, 2.45) is 0 Å². The van der Waals surface area contributed by atoms with E-state index in [2.05, 4.69) is 39.7 Å². The SMILES string of the molecule is CCN(CC)CCCN(Cc1ccc(C(=O)Nc2ccccc2NC(=O)OC(C)(C)C)nc1)C(=O)Nc1ccc(F)c(Cl)c1. The number of ether oxygens (including phenoxy) is 1. The zero-order chi connectivity index (χ0) is 32.3. The summed E-state index contributed by atoms with van der Waals surface area (Å²) in [5.41, 5.74) is 1.32. The maximum atomic E-state index is 13.6. The molecule has 1 heterocycles. The van der Waals surface area contributed by atoms with E-state index < -0.39 is 23.4 Å². The number of para-hydroxylation sites is 2. The third-order valence-electron chi connectivity index (χ3n) is 6.50. The number of hydrogen-bond donors (Lipinski definition) is 3. The van der Waals surface area contributed by atoms with Crippen LogP contribution < -0.4 is 16.0 Å². The minimum atomic E-state index is -0.676. The number of hydrogen-bond acceptors (Lipinski definition) is 6. The molecule has 4 amide bonds. The van der Waals surface area contributed by atoms with E-state index in [1.165, 1.54) is 18.2 Å². The van der Waals surface area contributed by atoms with Crippen LogP contribution in [-0.4, -0.2) is 64.6 Å². The first-order chi connectivity index (χ1) is 20.9. The summed E-state index contributed by atoms with van der Waals surface area (Å²) in [6.07, 6.45) is 1.64. The number of rotatable bonds is 12. The molecule has 12 heteroatoms. The Bertz CT molecular complexity index is 1430. The second-order valence-electron chi connectivity index (χ2n) is 11.0. The summed E-state index contributed by atoms with van der Waals surface area (Å²) in [5.74, 6) is -1.05. The first-order valence-corrected chi connectivity index (χ1v) is 14.8. The van der Waals surface area contributed by atoms with Crippen molar-refractivity contribution >= 4 is 46.7 Å². The largest absolute Gasteiger partial charge is 0.444 e. The molecule has 0 fully saturated rings. The van der Waals surface area contributed by atoms with E-state index in [1.54, 1.807) is 68.3 Å². The lowest BCUT2D eigenvalue weighted by Crippen LogP contribution is -2.37. The third-order valence-corrected chi connectivity index (χ3v) is 6.79. The van der Waals surface area contributed by atoms with Crippen molar-refractivity contribution in [1.82, 2.24) is 14.8 Å². The highest BCUT2D eigenvalue weighted by Gasteiger charge is 2.19. The molecule has 0 saturated carbocycles. The molecule has 0 spiro atoms. The van der Waals surface area contributed by atoms with Gasteiger partial charge in [-0.15, -0.1) is 0 Å². The standard InChI is InChI=1S/C32H40ClFN6O4/c1-6-39(7-2)17-10-18-40(30(42)36-23-14-15-25(34)24(33)19-23)21-22-13-16-28(35-20-22)29(41)37-26-11-8-9-12-27(26)38-31(43)44-32(3,4)5/h8-9,11-16,19-20H,6-7,10,17-18,21H2,1-5H3,(H,36,42)(H,37,41)(H,38,43). The fourth-order valence-electron chi connectivity index (χ4n) is 4.23. The van der Waals surface area contributed by atoms with Gasteiger partial charge in [-0.3, -0.25) is 15.1 Å². The lowest BCUT2D eigenvalue weighted by Gasteiger charge is -2.25. The van der Waals surface area contributed by atoms with E-state index in [1.807, 2.05) is 0 Å². The molecule has 3 rings (SSSR count). The predicted octanol–water partition coefficient (Wildman–Crippen LogP) is 7.24. The van der Waals surface area contributed by atoms with E-state index >= 15 is 0 Å². The van der Waals surface area contributed by atoms with Crippen LogP contribution in [0.15, 0.2) is 60.8 Å². The van der Waals surface area contributed by atoms with E-state index in [0.717, 1.165) is 26.1 Å². The molecule has 0 radical (unpaired) electrons. The lowest BCUT2D eigenvalue weighted by molar-refractivity contribution is 0.0635. The van der Waals surface area contributed by atoms with Crippen molar-refractivity contribution in [3.05, 3.63) is 82.9 Å². The van der Waals surface area contributed by atoms with Gasteiger partial charge in [0.25, 0.3) is 5.91 Å². The van der Waals surface area contributed by atoms with Gasteiger partial charge in [0.1, 0.15) is 17.1 Å². The maximum Gasteiger partial charge on any atom is 0.412 e. The summed E-state index contributed by atoms with van der Waals surface area (Å²) in [6.45, 7) is 12.8. The van der Waals surface area contributed by atoms with Crippen LogP contribution in [0.2, 0.25) is 5.02 Å². The molecule has 3 N–H and O–H groups in total. The van der Waals surface area contributed by atoms with E-state index in [-0.39, 0.29) is 23.3 Å². The molecule has 0 bridgehead atoms. The number of halogens is 2. The minimum absolute atomic E-state index is 0.0859. The Morgan fingerprint density at radius 3 is 2.20 bits per heavy atom. The number of pyridine rings is 1. The van der Waals surface area contributed by atoms with Gasteiger partial charge in [-0.25, -0.2) is 14.0 Å². The van der Waals surface area contributed by atoms with Crippen LogP contribution in [0.3, 0.4) is 0 Å². The van der Waals surface area contributed by atoms with Crippen LogP contribution in [0.25, 0.3) is 0 Å². The Balaban J connectivity index is 1.69. The van der Waals surface area contributed by atoms with Gasteiger partial charge in [-0.05, 0) is 88.8 Å². The average molecular weight is 627 g/mol. The number of nitrogens with zero attached hydrogens (tertiary/aromatic N) is 3. The van der Waals surface area contributed by atoms with Gasteiger partial charge < -0.3 is 25.2 Å². The lowest BCUT2D eigenvalue weighted by atomic mass is 10.2. The number of benzene rings is 2. The molecule has 0 saturated heterocycles. The van der Waals surface area contributed by atoms with Crippen LogP contribution in [0.5, 0.6) is 0 Å². The molecule has 0 aliphatic rings. The van der Waals surface area contributed by atoms with Gasteiger partial charge in [-0.1, -0.05) is 43.6 Å². The average Bonchev–Trinajstić information content (AvgIpc) is 2.97. The molecule has 1 aromatic heterocycles. The second-order valence-corrected chi connectivity index (χ2v) is 11.4. The van der Waals surface area contributed by atoms with Crippen molar-refractivity contribution in [3.63, 3.8) is 0 Å². The molecule has 3 aromatic rings. The molecule has 0 aliphatic carbocycles. The topological polar surface area (TPSA) is 116 Å². The van der Waals surface area contributed by atoms with Gasteiger partial charge in [0.2, 0.25) is 0 Å². The smallest absolute Gasteiger partial charge is 0.412 e. The monoisotopic (exact) mass is 626 g/mol. The van der Waals surface area contributed by atoms with Crippen molar-refractivity contribution < 1.29 is 23.5 Å². The Morgan fingerprint density at radius 1 is 0.932 bits per heavy atom. The molecule has 0 atom stereocenters. The second kappa shape index (κ2) is 16.0. The predicted molar refractivity (Wildman–Crippen MR) is 172 cm³/mol. The summed E-state index contributed by atoms with van der Waals surface area (Å²) in [4.78, 5) is 46.7. The normalized spacial score (nSPS) is 11.2. The number of anilines is 3. The Labute approximate surface area is 262 Å². The summed E-state index contributed by atoms with van der Waals surface area (Å²) < 4.78 is 18.9. The van der Waals surface area contributed by atoms with Crippen LogP contribution in [0.1, 0.15) is 57.1 Å². The number of carbonyl (C=O) groups excluding carboxylic acids is 3. The quantitative estimate of drug-likeness (QED) is 0.195.